The number of carbonyl (C=O) groups is 1. The molecule has 30 heavy (non-hydrogen) atoms. The maximum Gasteiger partial charge on any atom is 0.276 e. The Morgan fingerprint density at radius 1 is 1.23 bits per heavy atom. The van der Waals surface area contributed by atoms with Gasteiger partial charge in [-0.05, 0) is 48.7 Å². The number of hydrogen-bond acceptors (Lipinski definition) is 5. The van der Waals surface area contributed by atoms with E-state index in [1.165, 1.54) is 22.5 Å². The number of piperidine rings is 1. The van der Waals surface area contributed by atoms with Crippen molar-refractivity contribution in [3.05, 3.63) is 60.0 Å². The number of rotatable bonds is 6. The molecule has 1 aromatic carbocycles. The number of halogens is 1. The van der Waals surface area contributed by atoms with Gasteiger partial charge in [-0.25, -0.2) is 12.8 Å². The molecule has 1 amide bonds. The molecule has 0 spiro atoms. The van der Waals surface area contributed by atoms with Gasteiger partial charge in [0, 0.05) is 25.8 Å². The summed E-state index contributed by atoms with van der Waals surface area (Å²) in [5.74, 6) is -0.656. The second kappa shape index (κ2) is 8.41. The lowest BCUT2D eigenvalue weighted by Gasteiger charge is -2.30. The third kappa shape index (κ3) is 4.29. The topological polar surface area (TPSA) is 108 Å². The summed E-state index contributed by atoms with van der Waals surface area (Å²) in [7, 11) is -3.86. The summed E-state index contributed by atoms with van der Waals surface area (Å²) >= 11 is 0. The molecule has 0 aliphatic carbocycles. The molecule has 158 valence electrons. The van der Waals surface area contributed by atoms with Crippen LogP contribution in [0.4, 0.5) is 4.39 Å². The average Bonchev–Trinajstić information content (AvgIpc) is 3.45. The maximum absolute atomic E-state index is 13.0. The number of nitrogens with zero attached hydrogens (tertiary/aromatic N) is 2. The van der Waals surface area contributed by atoms with Crippen LogP contribution in [-0.2, 0) is 21.4 Å². The van der Waals surface area contributed by atoms with Crippen LogP contribution in [0.5, 0.6) is 0 Å². The van der Waals surface area contributed by atoms with Crippen LogP contribution in [0.1, 0.15) is 18.4 Å². The zero-order chi connectivity index (χ0) is 21.1. The normalized spacial score (nSPS) is 17.7. The van der Waals surface area contributed by atoms with E-state index in [4.69, 9.17) is 4.42 Å². The molecular formula is C20H21FN4O4S. The van der Waals surface area contributed by atoms with Crippen molar-refractivity contribution in [2.75, 3.05) is 13.1 Å². The number of aromatic nitrogens is 2. The Morgan fingerprint density at radius 2 is 2.03 bits per heavy atom. The van der Waals surface area contributed by atoms with Crippen LogP contribution in [0.15, 0.2) is 58.2 Å². The predicted molar refractivity (Wildman–Crippen MR) is 106 cm³/mol. The number of sulfonamides is 1. The highest BCUT2D eigenvalue weighted by Crippen LogP contribution is 2.28. The summed E-state index contributed by atoms with van der Waals surface area (Å²) in [6.07, 6.45) is 2.71. The van der Waals surface area contributed by atoms with Gasteiger partial charge in [0.25, 0.3) is 10.0 Å². The fourth-order valence-electron chi connectivity index (χ4n) is 3.43. The molecule has 1 unspecified atom stereocenters. The van der Waals surface area contributed by atoms with Crippen molar-refractivity contribution in [2.45, 2.75) is 24.5 Å². The van der Waals surface area contributed by atoms with Gasteiger partial charge in [-0.15, -0.1) is 0 Å². The lowest BCUT2D eigenvalue weighted by Crippen LogP contribution is -2.45. The van der Waals surface area contributed by atoms with Gasteiger partial charge in [-0.2, -0.15) is 9.40 Å². The molecule has 2 aromatic heterocycles. The molecule has 1 aliphatic rings. The molecule has 10 heteroatoms. The van der Waals surface area contributed by atoms with E-state index in [9.17, 15) is 17.6 Å². The standard InChI is InChI=1S/C20H21FN4O4S/c21-16-5-3-14(4-6-16)12-22-20(26)15-2-1-11-25(13-15)30(27,28)19-8-7-18(29-19)17-9-10-23-24-17/h3-10,15H,1-2,11-13H2,(H,22,26)(H,23,24). The minimum Gasteiger partial charge on any atom is -0.442 e. The highest BCUT2D eigenvalue weighted by molar-refractivity contribution is 7.89. The van der Waals surface area contributed by atoms with Crippen molar-refractivity contribution < 1.29 is 22.0 Å². The molecule has 0 bridgehead atoms. The second-order valence-corrected chi connectivity index (χ2v) is 9.00. The van der Waals surface area contributed by atoms with E-state index < -0.39 is 15.9 Å². The number of benzene rings is 1. The largest absolute Gasteiger partial charge is 0.442 e. The monoisotopic (exact) mass is 432 g/mol. The smallest absolute Gasteiger partial charge is 0.276 e. The molecule has 0 radical (unpaired) electrons. The van der Waals surface area contributed by atoms with Gasteiger partial charge in [0.2, 0.25) is 11.0 Å². The van der Waals surface area contributed by atoms with Crippen LogP contribution >= 0.6 is 0 Å². The van der Waals surface area contributed by atoms with E-state index in [0.717, 1.165) is 5.56 Å². The molecule has 1 fully saturated rings. The van der Waals surface area contributed by atoms with Gasteiger partial charge in [-0.3, -0.25) is 9.89 Å². The van der Waals surface area contributed by atoms with Crippen molar-refractivity contribution >= 4 is 15.9 Å². The second-order valence-electron chi connectivity index (χ2n) is 7.14. The predicted octanol–water partition coefficient (Wildman–Crippen LogP) is 2.53. The minimum absolute atomic E-state index is 0.0810. The molecule has 1 aliphatic heterocycles. The quantitative estimate of drug-likeness (QED) is 0.622. The van der Waals surface area contributed by atoms with Crippen LogP contribution < -0.4 is 5.32 Å². The van der Waals surface area contributed by atoms with Gasteiger partial charge in [0.1, 0.15) is 11.5 Å². The molecule has 0 saturated carbocycles. The summed E-state index contributed by atoms with van der Waals surface area (Å²) in [4.78, 5) is 12.6. The Kier molecular flexibility index (Phi) is 5.69. The summed E-state index contributed by atoms with van der Waals surface area (Å²) in [5.41, 5.74) is 1.35. The van der Waals surface area contributed by atoms with Crippen molar-refractivity contribution in [3.8, 4) is 11.5 Å². The average molecular weight is 432 g/mol. The van der Waals surface area contributed by atoms with Crippen LogP contribution in [0.2, 0.25) is 0 Å². The molecule has 8 nitrogen and oxygen atoms in total. The Hall–Kier alpha value is -2.98. The van der Waals surface area contributed by atoms with Gasteiger partial charge >= 0.3 is 0 Å². The first kappa shape index (κ1) is 20.3. The highest BCUT2D eigenvalue weighted by Gasteiger charge is 2.35. The fourth-order valence-corrected chi connectivity index (χ4v) is 4.87. The lowest BCUT2D eigenvalue weighted by molar-refractivity contribution is -0.126. The molecular weight excluding hydrogens is 411 g/mol. The van der Waals surface area contributed by atoms with E-state index in [1.54, 1.807) is 30.5 Å². The van der Waals surface area contributed by atoms with E-state index in [0.29, 0.717) is 30.8 Å². The Morgan fingerprint density at radius 3 is 2.77 bits per heavy atom. The van der Waals surface area contributed by atoms with E-state index >= 15 is 0 Å². The van der Waals surface area contributed by atoms with E-state index in [1.807, 2.05) is 0 Å². The van der Waals surface area contributed by atoms with Gasteiger partial charge in [0.15, 0.2) is 5.76 Å². The van der Waals surface area contributed by atoms with Crippen molar-refractivity contribution in [3.63, 3.8) is 0 Å². The van der Waals surface area contributed by atoms with Gasteiger partial charge in [-0.1, -0.05) is 12.1 Å². The third-order valence-corrected chi connectivity index (χ3v) is 6.82. The van der Waals surface area contributed by atoms with Crippen molar-refractivity contribution in [1.29, 1.82) is 0 Å². The number of hydrogen-bond donors (Lipinski definition) is 2. The molecule has 4 rings (SSSR count). The number of amides is 1. The molecule has 1 saturated heterocycles. The van der Waals surface area contributed by atoms with Gasteiger partial charge in [0.05, 0.1) is 5.92 Å². The number of nitrogens with one attached hydrogen (secondary N) is 2. The SMILES string of the molecule is O=C(NCc1ccc(F)cc1)C1CCCN(S(=O)(=O)c2ccc(-c3ccn[nH]3)o2)C1. The minimum atomic E-state index is -3.86. The summed E-state index contributed by atoms with van der Waals surface area (Å²) in [6.45, 7) is 0.663. The Balaban J connectivity index is 1.41. The molecule has 1 atom stereocenters. The van der Waals surface area contributed by atoms with Crippen molar-refractivity contribution in [2.24, 2.45) is 5.92 Å². The highest BCUT2D eigenvalue weighted by atomic mass is 32.2. The fraction of sp³-hybridized carbons (Fsp3) is 0.300. The molecule has 3 heterocycles. The van der Waals surface area contributed by atoms with Crippen LogP contribution in [-0.4, -0.2) is 41.9 Å². The first-order chi connectivity index (χ1) is 14.4. The molecule has 2 N–H and O–H groups in total. The first-order valence-electron chi connectivity index (χ1n) is 9.55. The Bertz CT molecular complexity index is 1110. The van der Waals surface area contributed by atoms with Crippen molar-refractivity contribution in [1.82, 2.24) is 19.8 Å². The van der Waals surface area contributed by atoms with E-state index in [-0.39, 0.29) is 29.9 Å². The lowest BCUT2D eigenvalue weighted by atomic mass is 9.99. The Labute approximate surface area is 173 Å². The summed E-state index contributed by atoms with van der Waals surface area (Å²) in [6, 6.07) is 10.5. The zero-order valence-corrected chi connectivity index (χ0v) is 16.9. The van der Waals surface area contributed by atoms with Gasteiger partial charge < -0.3 is 9.73 Å². The zero-order valence-electron chi connectivity index (χ0n) is 16.0. The van der Waals surface area contributed by atoms with E-state index in [2.05, 4.69) is 15.5 Å². The summed E-state index contributed by atoms with van der Waals surface area (Å²) < 4.78 is 45.8. The summed E-state index contributed by atoms with van der Waals surface area (Å²) in [5, 5.41) is 9.19. The number of carbonyl (C=O) groups excluding carboxylic acids is 1. The van der Waals surface area contributed by atoms with Crippen LogP contribution in [0, 0.1) is 11.7 Å². The number of aromatic amines is 1. The number of H-pyrrole nitrogens is 1. The van der Waals surface area contributed by atoms with Crippen LogP contribution in [0.25, 0.3) is 11.5 Å². The molecule has 3 aromatic rings. The van der Waals surface area contributed by atoms with Crippen LogP contribution in [0.3, 0.4) is 0 Å². The maximum atomic E-state index is 13.0. The number of furan rings is 1. The first-order valence-corrected chi connectivity index (χ1v) is 11.0. The third-order valence-electron chi connectivity index (χ3n) is 5.08.